The topological polar surface area (TPSA) is 49.4 Å². The third kappa shape index (κ3) is 5.71. The summed E-state index contributed by atoms with van der Waals surface area (Å²) in [6.07, 6.45) is 6.29. The lowest BCUT2D eigenvalue weighted by molar-refractivity contribution is -0.127. The fourth-order valence-corrected chi connectivity index (χ4v) is 2.90. The average Bonchev–Trinajstić information content (AvgIpc) is 2.85. The number of nitrogens with one attached hydrogen (secondary N) is 1. The van der Waals surface area contributed by atoms with Gasteiger partial charge in [-0.05, 0) is 30.5 Å². The predicted molar refractivity (Wildman–Crippen MR) is 92.3 cm³/mol. The molecule has 1 N–H and O–H groups in total. The summed E-state index contributed by atoms with van der Waals surface area (Å²) < 4.78 is 0. The zero-order valence-corrected chi connectivity index (χ0v) is 14.2. The second-order valence-electron chi connectivity index (χ2n) is 5.77. The summed E-state index contributed by atoms with van der Waals surface area (Å²) in [5.41, 5.74) is 1.11. The number of likely N-dealkylation sites (tertiary alicyclic amines) is 1. The molecule has 1 aliphatic heterocycles. The molecular weight excluding hydrogens is 312 g/mol. The van der Waals surface area contributed by atoms with E-state index in [2.05, 4.69) is 5.32 Å². The Hall–Kier alpha value is -1.81. The molecule has 23 heavy (non-hydrogen) atoms. The van der Waals surface area contributed by atoms with E-state index in [4.69, 9.17) is 11.6 Å². The van der Waals surface area contributed by atoms with Gasteiger partial charge >= 0.3 is 0 Å². The van der Waals surface area contributed by atoms with Gasteiger partial charge in [0.05, 0.1) is 6.04 Å². The number of benzene rings is 1. The van der Waals surface area contributed by atoms with Gasteiger partial charge in [-0.25, -0.2) is 0 Å². The predicted octanol–water partition coefficient (Wildman–Crippen LogP) is 2.96. The number of carbonyl (C=O) groups is 2. The minimum absolute atomic E-state index is 0.0239. The van der Waals surface area contributed by atoms with E-state index in [0.717, 1.165) is 18.4 Å². The molecule has 0 spiro atoms. The van der Waals surface area contributed by atoms with E-state index in [-0.39, 0.29) is 17.9 Å². The van der Waals surface area contributed by atoms with Crippen LogP contribution in [-0.2, 0) is 16.0 Å². The summed E-state index contributed by atoms with van der Waals surface area (Å²) >= 11 is 5.97. The van der Waals surface area contributed by atoms with Crippen LogP contribution in [0.25, 0.3) is 0 Å². The second kappa shape index (κ2) is 8.73. The Bertz CT molecular complexity index is 586. The average molecular weight is 335 g/mol. The molecule has 2 amide bonds. The first-order valence-corrected chi connectivity index (χ1v) is 8.43. The fourth-order valence-electron chi connectivity index (χ4n) is 2.69. The van der Waals surface area contributed by atoms with Crippen molar-refractivity contribution in [1.82, 2.24) is 10.2 Å². The summed E-state index contributed by atoms with van der Waals surface area (Å²) in [5, 5.41) is 3.64. The summed E-state index contributed by atoms with van der Waals surface area (Å²) in [5.74, 6) is 0.0746. The molecule has 1 fully saturated rings. The van der Waals surface area contributed by atoms with E-state index in [1.165, 1.54) is 0 Å². The number of hydrogen-bond donors (Lipinski definition) is 1. The van der Waals surface area contributed by atoms with Gasteiger partial charge in [0.1, 0.15) is 0 Å². The Morgan fingerprint density at radius 3 is 3.00 bits per heavy atom. The Morgan fingerprint density at radius 2 is 2.26 bits per heavy atom. The van der Waals surface area contributed by atoms with E-state index in [9.17, 15) is 9.59 Å². The normalized spacial score (nSPS) is 17.9. The molecule has 1 saturated heterocycles. The molecule has 1 unspecified atom stereocenters. The minimum Gasteiger partial charge on any atom is -0.351 e. The van der Waals surface area contributed by atoms with Gasteiger partial charge in [-0.1, -0.05) is 42.8 Å². The van der Waals surface area contributed by atoms with Crippen molar-refractivity contribution in [3.8, 4) is 0 Å². The molecule has 5 heteroatoms. The highest BCUT2D eigenvalue weighted by molar-refractivity contribution is 6.30. The lowest BCUT2D eigenvalue weighted by atomic mass is 10.1. The van der Waals surface area contributed by atoms with Crippen LogP contribution in [0.4, 0.5) is 0 Å². The van der Waals surface area contributed by atoms with Crippen LogP contribution in [0.5, 0.6) is 0 Å². The molecule has 124 valence electrons. The SMILES string of the molecule is CCC=CCC(=O)NC1CC(=O)N(CCc2cccc(Cl)c2)C1. The van der Waals surface area contributed by atoms with Gasteiger partial charge in [0.15, 0.2) is 0 Å². The van der Waals surface area contributed by atoms with Gasteiger partial charge in [0.2, 0.25) is 11.8 Å². The fraction of sp³-hybridized carbons (Fsp3) is 0.444. The third-order valence-corrected chi connectivity index (χ3v) is 4.08. The summed E-state index contributed by atoms with van der Waals surface area (Å²) in [4.78, 5) is 25.7. The van der Waals surface area contributed by atoms with Crippen molar-refractivity contribution < 1.29 is 9.59 Å². The smallest absolute Gasteiger partial charge is 0.224 e. The molecule has 0 saturated carbocycles. The van der Waals surface area contributed by atoms with E-state index >= 15 is 0 Å². The maximum atomic E-state index is 12.0. The van der Waals surface area contributed by atoms with Gasteiger partial charge in [0.25, 0.3) is 0 Å². The quantitative estimate of drug-likeness (QED) is 0.779. The standard InChI is InChI=1S/C18H23ClN2O2/c1-2-3-4-8-17(22)20-16-12-18(23)21(13-16)10-9-14-6-5-7-15(19)11-14/h3-7,11,16H,2,8-10,12-13H2,1H3,(H,20,22). The van der Waals surface area contributed by atoms with Crippen LogP contribution in [0.1, 0.15) is 31.7 Å². The van der Waals surface area contributed by atoms with Crippen molar-refractivity contribution in [2.75, 3.05) is 13.1 Å². The molecule has 0 bridgehead atoms. The van der Waals surface area contributed by atoms with Gasteiger partial charge in [-0.15, -0.1) is 0 Å². The van der Waals surface area contributed by atoms with Crippen LogP contribution in [0.15, 0.2) is 36.4 Å². The summed E-state index contributed by atoms with van der Waals surface area (Å²) in [6, 6.07) is 7.60. The number of allylic oxidation sites excluding steroid dienone is 1. The zero-order chi connectivity index (χ0) is 16.7. The van der Waals surface area contributed by atoms with Gasteiger partial charge < -0.3 is 10.2 Å². The number of rotatable bonds is 7. The van der Waals surface area contributed by atoms with Crippen LogP contribution < -0.4 is 5.32 Å². The molecule has 0 aromatic heterocycles. The highest BCUT2D eigenvalue weighted by Gasteiger charge is 2.29. The molecule has 2 rings (SSSR count). The van der Waals surface area contributed by atoms with Crippen molar-refractivity contribution in [3.05, 3.63) is 47.0 Å². The Kier molecular flexibility index (Phi) is 6.66. The van der Waals surface area contributed by atoms with Gasteiger partial charge in [0, 0.05) is 31.0 Å². The maximum absolute atomic E-state index is 12.0. The van der Waals surface area contributed by atoms with Crippen molar-refractivity contribution >= 4 is 23.4 Å². The highest BCUT2D eigenvalue weighted by Crippen LogP contribution is 2.15. The van der Waals surface area contributed by atoms with Gasteiger partial charge in [-0.2, -0.15) is 0 Å². The number of amides is 2. The minimum atomic E-state index is -0.0793. The van der Waals surface area contributed by atoms with Crippen molar-refractivity contribution in [2.24, 2.45) is 0 Å². The third-order valence-electron chi connectivity index (χ3n) is 3.84. The van der Waals surface area contributed by atoms with Gasteiger partial charge in [-0.3, -0.25) is 9.59 Å². The van der Waals surface area contributed by atoms with E-state index in [1.54, 1.807) is 0 Å². The second-order valence-corrected chi connectivity index (χ2v) is 6.21. The molecule has 1 atom stereocenters. The number of carbonyl (C=O) groups excluding carboxylic acids is 2. The summed E-state index contributed by atoms with van der Waals surface area (Å²) in [6.45, 7) is 3.27. The van der Waals surface area contributed by atoms with Crippen LogP contribution >= 0.6 is 11.6 Å². The monoisotopic (exact) mass is 334 g/mol. The Labute approximate surface area is 142 Å². The zero-order valence-electron chi connectivity index (χ0n) is 13.4. The van der Waals surface area contributed by atoms with Crippen molar-refractivity contribution in [2.45, 2.75) is 38.6 Å². The summed E-state index contributed by atoms with van der Waals surface area (Å²) in [7, 11) is 0. The highest BCUT2D eigenvalue weighted by atomic mass is 35.5. The van der Waals surface area contributed by atoms with E-state index < -0.39 is 0 Å². The van der Waals surface area contributed by atoms with Crippen molar-refractivity contribution in [1.29, 1.82) is 0 Å². The largest absolute Gasteiger partial charge is 0.351 e. The van der Waals surface area contributed by atoms with Crippen molar-refractivity contribution in [3.63, 3.8) is 0 Å². The molecule has 1 heterocycles. The van der Waals surface area contributed by atoms with Crippen LogP contribution in [0.2, 0.25) is 5.02 Å². The van der Waals surface area contributed by atoms with E-state index in [0.29, 0.717) is 31.0 Å². The maximum Gasteiger partial charge on any atom is 0.224 e. The van der Waals surface area contributed by atoms with E-state index in [1.807, 2.05) is 48.2 Å². The lowest BCUT2D eigenvalue weighted by Crippen LogP contribution is -2.37. The molecule has 1 aromatic rings. The lowest BCUT2D eigenvalue weighted by Gasteiger charge is -2.17. The van der Waals surface area contributed by atoms with Crippen LogP contribution in [-0.4, -0.2) is 35.8 Å². The van der Waals surface area contributed by atoms with Crippen LogP contribution in [0, 0.1) is 0 Å². The first-order valence-electron chi connectivity index (χ1n) is 8.05. The molecule has 1 aliphatic rings. The number of hydrogen-bond acceptors (Lipinski definition) is 2. The first-order chi connectivity index (χ1) is 11.1. The van der Waals surface area contributed by atoms with Crippen LogP contribution in [0.3, 0.4) is 0 Å². The number of halogens is 1. The molecule has 4 nitrogen and oxygen atoms in total. The molecular formula is C18H23ClN2O2. The molecule has 0 aliphatic carbocycles. The number of nitrogens with zero attached hydrogens (tertiary/aromatic N) is 1. The first kappa shape index (κ1) is 17.5. The Balaban J connectivity index is 1.78. The Morgan fingerprint density at radius 1 is 1.43 bits per heavy atom. The molecule has 0 radical (unpaired) electrons. The molecule has 1 aromatic carbocycles.